The van der Waals surface area contributed by atoms with Gasteiger partial charge in [-0.1, -0.05) is 29.8 Å². The highest BCUT2D eigenvalue weighted by molar-refractivity contribution is 7.20. The molecule has 2 nitrogen and oxygen atoms in total. The van der Waals surface area contributed by atoms with E-state index in [4.69, 9.17) is 16.3 Å². The second kappa shape index (κ2) is 5.84. The first-order valence-electron chi connectivity index (χ1n) is 6.24. The lowest BCUT2D eigenvalue weighted by Crippen LogP contribution is -1.88. The van der Waals surface area contributed by atoms with Crippen LogP contribution in [0.1, 0.15) is 10.6 Å². The minimum Gasteiger partial charge on any atom is -0.494 e. The number of hydrogen-bond donors (Lipinski definition) is 0. The molecule has 0 atom stereocenters. The number of halogens is 2. The molecule has 1 aromatic heterocycles. The smallest absolute Gasteiger partial charge is 0.165 e. The van der Waals surface area contributed by atoms with Crippen LogP contribution in [-0.4, -0.2) is 12.1 Å². The molecular formula is C16H11ClFNOS. The molecule has 5 heteroatoms. The highest BCUT2D eigenvalue weighted by Crippen LogP contribution is 2.31. The zero-order chi connectivity index (χ0) is 14.8. The fourth-order valence-corrected chi connectivity index (χ4v) is 3.11. The van der Waals surface area contributed by atoms with Crippen LogP contribution < -0.4 is 4.74 Å². The van der Waals surface area contributed by atoms with Crippen molar-refractivity contribution in [2.24, 2.45) is 0 Å². The lowest BCUT2D eigenvalue weighted by atomic mass is 10.2. The van der Waals surface area contributed by atoms with Gasteiger partial charge in [-0.2, -0.15) is 0 Å². The summed E-state index contributed by atoms with van der Waals surface area (Å²) < 4.78 is 19.6. The third kappa shape index (κ3) is 2.91. The summed E-state index contributed by atoms with van der Waals surface area (Å²) in [7, 11) is 1.43. The van der Waals surface area contributed by atoms with Gasteiger partial charge in [0.2, 0.25) is 0 Å². The Hall–Kier alpha value is -1.91. The maximum Gasteiger partial charge on any atom is 0.165 e. The molecule has 106 valence electrons. The van der Waals surface area contributed by atoms with Crippen molar-refractivity contribution in [1.29, 1.82) is 0 Å². The molecule has 0 amide bonds. The van der Waals surface area contributed by atoms with E-state index in [-0.39, 0.29) is 5.75 Å². The fraction of sp³-hybridized carbons (Fsp3) is 0.0625. The van der Waals surface area contributed by atoms with Crippen molar-refractivity contribution in [2.75, 3.05) is 7.11 Å². The Morgan fingerprint density at radius 1 is 1.29 bits per heavy atom. The van der Waals surface area contributed by atoms with E-state index in [1.807, 2.05) is 24.3 Å². The minimum atomic E-state index is -0.417. The fourth-order valence-electron chi connectivity index (χ4n) is 1.95. The number of benzene rings is 2. The van der Waals surface area contributed by atoms with Crippen LogP contribution in [0.4, 0.5) is 4.39 Å². The van der Waals surface area contributed by atoms with Crippen LogP contribution in [0, 0.1) is 5.82 Å². The lowest BCUT2D eigenvalue weighted by Gasteiger charge is -2.02. The van der Waals surface area contributed by atoms with Gasteiger partial charge in [0.15, 0.2) is 11.6 Å². The molecular weight excluding hydrogens is 309 g/mol. The van der Waals surface area contributed by atoms with Gasteiger partial charge in [0.05, 0.1) is 22.4 Å². The molecule has 0 aliphatic heterocycles. The van der Waals surface area contributed by atoms with E-state index in [9.17, 15) is 4.39 Å². The highest BCUT2D eigenvalue weighted by atomic mass is 35.5. The van der Waals surface area contributed by atoms with Crippen molar-refractivity contribution >= 4 is 44.3 Å². The number of para-hydroxylation sites is 1. The van der Waals surface area contributed by atoms with Gasteiger partial charge in [-0.25, -0.2) is 9.37 Å². The Kier molecular flexibility index (Phi) is 3.90. The maximum atomic E-state index is 13.7. The maximum absolute atomic E-state index is 13.7. The number of fused-ring (bicyclic) bond motifs is 1. The summed E-state index contributed by atoms with van der Waals surface area (Å²) in [6, 6.07) is 12.5. The predicted molar refractivity (Wildman–Crippen MR) is 86.3 cm³/mol. The zero-order valence-corrected chi connectivity index (χ0v) is 12.7. The molecule has 21 heavy (non-hydrogen) atoms. The Balaban J connectivity index is 1.96. The summed E-state index contributed by atoms with van der Waals surface area (Å²) in [6.45, 7) is 0. The third-order valence-electron chi connectivity index (χ3n) is 2.97. The number of ether oxygens (including phenoxy) is 1. The van der Waals surface area contributed by atoms with Gasteiger partial charge in [-0.15, -0.1) is 11.3 Å². The standard InChI is InChI=1S/C16H11ClFNOS/c1-20-14-7-6-10(9-12(14)18)8-11(17)16-19-13-4-2-3-5-15(13)21-16/h2-9H,1H3/b11-8-. The molecule has 0 aliphatic rings. The van der Waals surface area contributed by atoms with Crippen LogP contribution in [-0.2, 0) is 0 Å². The Morgan fingerprint density at radius 2 is 2.10 bits per heavy atom. The van der Waals surface area contributed by atoms with E-state index in [2.05, 4.69) is 4.98 Å². The van der Waals surface area contributed by atoms with Gasteiger partial charge in [0, 0.05) is 0 Å². The molecule has 0 N–H and O–H groups in total. The van der Waals surface area contributed by atoms with Crippen LogP contribution in [0.25, 0.3) is 21.3 Å². The molecule has 0 spiro atoms. The minimum absolute atomic E-state index is 0.211. The molecule has 0 saturated heterocycles. The second-order valence-corrected chi connectivity index (χ2v) is 5.81. The number of aromatic nitrogens is 1. The molecule has 0 fully saturated rings. The van der Waals surface area contributed by atoms with Crippen molar-refractivity contribution < 1.29 is 9.13 Å². The van der Waals surface area contributed by atoms with E-state index in [0.717, 1.165) is 10.2 Å². The molecule has 0 radical (unpaired) electrons. The van der Waals surface area contributed by atoms with Crippen molar-refractivity contribution in [2.45, 2.75) is 0 Å². The largest absolute Gasteiger partial charge is 0.494 e. The van der Waals surface area contributed by atoms with E-state index >= 15 is 0 Å². The molecule has 0 bridgehead atoms. The number of rotatable bonds is 3. The van der Waals surface area contributed by atoms with Gasteiger partial charge in [-0.3, -0.25) is 0 Å². The van der Waals surface area contributed by atoms with Crippen LogP contribution in [0.2, 0.25) is 0 Å². The molecule has 0 aliphatic carbocycles. The number of hydrogen-bond acceptors (Lipinski definition) is 3. The van der Waals surface area contributed by atoms with Crippen molar-refractivity contribution in [3.8, 4) is 5.75 Å². The first-order chi connectivity index (χ1) is 10.2. The van der Waals surface area contributed by atoms with Crippen LogP contribution >= 0.6 is 22.9 Å². The van der Waals surface area contributed by atoms with Crippen molar-refractivity contribution in [1.82, 2.24) is 4.98 Å². The number of nitrogens with zero attached hydrogens (tertiary/aromatic N) is 1. The normalized spacial score (nSPS) is 11.9. The molecule has 1 heterocycles. The van der Waals surface area contributed by atoms with Crippen LogP contribution in [0.15, 0.2) is 42.5 Å². The Morgan fingerprint density at radius 3 is 2.81 bits per heavy atom. The zero-order valence-electron chi connectivity index (χ0n) is 11.1. The SMILES string of the molecule is COc1ccc(/C=C(\Cl)c2nc3ccccc3s2)cc1F. The second-order valence-electron chi connectivity index (χ2n) is 4.37. The average Bonchev–Trinajstić information content (AvgIpc) is 2.91. The summed E-state index contributed by atoms with van der Waals surface area (Å²) in [5.41, 5.74) is 1.57. The van der Waals surface area contributed by atoms with Crippen LogP contribution in [0.5, 0.6) is 5.75 Å². The van der Waals surface area contributed by atoms with E-state index in [1.54, 1.807) is 18.2 Å². The first-order valence-corrected chi connectivity index (χ1v) is 7.43. The molecule has 3 aromatic rings. The molecule has 2 aromatic carbocycles. The Bertz CT molecular complexity index is 795. The molecule has 0 saturated carbocycles. The summed E-state index contributed by atoms with van der Waals surface area (Å²) in [4.78, 5) is 4.46. The molecule has 0 unspecified atom stereocenters. The predicted octanol–water partition coefficient (Wildman–Crippen LogP) is 5.18. The van der Waals surface area contributed by atoms with Gasteiger partial charge in [0.1, 0.15) is 5.01 Å². The lowest BCUT2D eigenvalue weighted by molar-refractivity contribution is 0.386. The van der Waals surface area contributed by atoms with E-state index in [0.29, 0.717) is 15.6 Å². The highest BCUT2D eigenvalue weighted by Gasteiger charge is 2.08. The Labute approximate surface area is 130 Å². The van der Waals surface area contributed by atoms with Gasteiger partial charge in [0.25, 0.3) is 0 Å². The average molecular weight is 320 g/mol. The van der Waals surface area contributed by atoms with Gasteiger partial charge in [-0.05, 0) is 35.9 Å². The molecule has 3 rings (SSSR count). The van der Waals surface area contributed by atoms with Crippen LogP contribution in [0.3, 0.4) is 0 Å². The monoisotopic (exact) mass is 319 g/mol. The first kappa shape index (κ1) is 14.0. The van der Waals surface area contributed by atoms with E-state index in [1.165, 1.54) is 24.5 Å². The van der Waals surface area contributed by atoms with E-state index < -0.39 is 5.82 Å². The summed E-state index contributed by atoms with van der Waals surface area (Å²) in [6.07, 6.45) is 1.70. The van der Waals surface area contributed by atoms with Crippen molar-refractivity contribution in [3.63, 3.8) is 0 Å². The van der Waals surface area contributed by atoms with Gasteiger partial charge >= 0.3 is 0 Å². The summed E-state index contributed by atoms with van der Waals surface area (Å²) in [5, 5.41) is 1.20. The summed E-state index contributed by atoms with van der Waals surface area (Å²) >= 11 is 7.80. The quantitative estimate of drug-likeness (QED) is 0.663. The third-order valence-corrected chi connectivity index (χ3v) is 4.44. The number of thiazole rings is 1. The topological polar surface area (TPSA) is 22.1 Å². The number of methoxy groups -OCH3 is 1. The van der Waals surface area contributed by atoms with Gasteiger partial charge < -0.3 is 4.74 Å². The van der Waals surface area contributed by atoms with Crippen molar-refractivity contribution in [3.05, 3.63) is 58.9 Å². The summed E-state index contributed by atoms with van der Waals surface area (Å²) in [5.74, 6) is -0.205.